The van der Waals surface area contributed by atoms with Crippen LogP contribution in [0.3, 0.4) is 0 Å². The highest BCUT2D eigenvalue weighted by Gasteiger charge is 2.28. The van der Waals surface area contributed by atoms with E-state index in [1.807, 2.05) is 42.6 Å². The number of ether oxygens (including phenoxy) is 2. The summed E-state index contributed by atoms with van der Waals surface area (Å²) in [4.78, 5) is 17.4. The second kappa shape index (κ2) is 6.05. The Labute approximate surface area is 150 Å². The van der Waals surface area contributed by atoms with E-state index in [2.05, 4.69) is 14.7 Å². The minimum Gasteiger partial charge on any atom is -0.454 e. The first kappa shape index (κ1) is 15.3. The van der Waals surface area contributed by atoms with E-state index in [1.54, 1.807) is 0 Å². The van der Waals surface area contributed by atoms with E-state index in [0.29, 0.717) is 6.54 Å². The van der Waals surface area contributed by atoms with Gasteiger partial charge in [-0.25, -0.2) is 4.98 Å². The Morgan fingerprint density at radius 1 is 1.23 bits per heavy atom. The van der Waals surface area contributed by atoms with Crippen LogP contribution in [0.5, 0.6) is 11.5 Å². The zero-order valence-corrected chi connectivity index (χ0v) is 14.3. The van der Waals surface area contributed by atoms with E-state index in [0.717, 1.165) is 53.4 Å². The Morgan fingerprint density at radius 3 is 3.12 bits per heavy atom. The number of pyridine rings is 1. The van der Waals surface area contributed by atoms with Crippen LogP contribution in [0, 0.1) is 5.92 Å². The molecule has 1 amide bonds. The number of imidazole rings is 1. The topological polar surface area (TPSA) is 64.9 Å². The summed E-state index contributed by atoms with van der Waals surface area (Å²) < 4.78 is 12.8. The Morgan fingerprint density at radius 2 is 2.15 bits per heavy atom. The van der Waals surface area contributed by atoms with E-state index in [4.69, 9.17) is 9.47 Å². The highest BCUT2D eigenvalue weighted by Crippen LogP contribution is 2.32. The number of rotatable bonds is 3. The van der Waals surface area contributed by atoms with Gasteiger partial charge in [-0.05, 0) is 42.7 Å². The number of carbonyl (C=O) groups is 1. The third-order valence-electron chi connectivity index (χ3n) is 5.16. The Balaban J connectivity index is 1.28. The predicted molar refractivity (Wildman–Crippen MR) is 95.1 cm³/mol. The highest BCUT2D eigenvalue weighted by molar-refractivity contribution is 5.79. The maximum absolute atomic E-state index is 12.7. The van der Waals surface area contributed by atoms with Crippen LogP contribution in [-0.4, -0.2) is 22.1 Å². The van der Waals surface area contributed by atoms with Crippen molar-refractivity contribution >= 4 is 11.6 Å². The number of amides is 1. The molecule has 1 atom stereocenters. The number of nitrogens with zero attached hydrogens (tertiary/aromatic N) is 2. The first-order chi connectivity index (χ1) is 12.8. The maximum Gasteiger partial charge on any atom is 0.231 e. The molecule has 0 bridgehead atoms. The largest absolute Gasteiger partial charge is 0.454 e. The van der Waals surface area contributed by atoms with Crippen molar-refractivity contribution in [2.24, 2.45) is 5.92 Å². The van der Waals surface area contributed by atoms with Crippen LogP contribution in [0.2, 0.25) is 0 Å². The quantitative estimate of drug-likeness (QED) is 0.789. The summed E-state index contributed by atoms with van der Waals surface area (Å²) in [6, 6.07) is 11.8. The lowest BCUT2D eigenvalue weighted by Crippen LogP contribution is -2.34. The molecule has 6 nitrogen and oxygen atoms in total. The van der Waals surface area contributed by atoms with Crippen LogP contribution >= 0.6 is 0 Å². The summed E-state index contributed by atoms with van der Waals surface area (Å²) in [6.45, 7) is 0.751. The number of fused-ring (bicyclic) bond motifs is 4. The average Bonchev–Trinajstić information content (AvgIpc) is 3.29. The Bertz CT molecular complexity index is 995. The number of nitrogens with one attached hydrogen (secondary N) is 1. The highest BCUT2D eigenvalue weighted by atomic mass is 16.7. The second-order valence-corrected chi connectivity index (χ2v) is 6.78. The predicted octanol–water partition coefficient (Wildman–Crippen LogP) is 2.48. The van der Waals surface area contributed by atoms with Crippen LogP contribution < -0.4 is 14.8 Å². The standard InChI is InChI=1S/C20H19N3O3/c24-20(21-11-13-4-7-17-18(9-13)26-12-25-17)14-5-6-15-16(10-14)23-8-2-1-3-19(23)22-15/h1-4,7-9,14H,5-6,10-12H2,(H,21,24). The van der Waals surface area contributed by atoms with Crippen molar-refractivity contribution < 1.29 is 14.3 Å². The molecule has 1 N–H and O–H groups in total. The summed E-state index contributed by atoms with van der Waals surface area (Å²) in [5, 5.41) is 3.07. The first-order valence-electron chi connectivity index (χ1n) is 8.89. The molecule has 3 heterocycles. The normalized spacial score (nSPS) is 17.9. The third kappa shape index (κ3) is 2.58. The van der Waals surface area contributed by atoms with Gasteiger partial charge >= 0.3 is 0 Å². The summed E-state index contributed by atoms with van der Waals surface area (Å²) >= 11 is 0. The lowest BCUT2D eigenvalue weighted by molar-refractivity contribution is -0.125. The SMILES string of the molecule is O=C(NCc1ccc2c(c1)OCO2)C1CCc2nc3ccccn3c2C1. The van der Waals surface area contributed by atoms with Gasteiger partial charge in [0.2, 0.25) is 12.7 Å². The van der Waals surface area contributed by atoms with Gasteiger partial charge in [-0.15, -0.1) is 0 Å². The van der Waals surface area contributed by atoms with Crippen LogP contribution in [0.15, 0.2) is 42.6 Å². The summed E-state index contributed by atoms with van der Waals surface area (Å²) in [7, 11) is 0. The number of benzene rings is 1. The fourth-order valence-electron chi connectivity index (χ4n) is 3.77. The number of hydrogen-bond acceptors (Lipinski definition) is 4. The molecular formula is C20H19N3O3. The molecule has 1 aromatic carbocycles. The number of aryl methyl sites for hydroxylation is 1. The molecule has 5 rings (SSSR count). The van der Waals surface area contributed by atoms with Crippen molar-refractivity contribution in [3.05, 3.63) is 59.5 Å². The van der Waals surface area contributed by atoms with Gasteiger partial charge in [0.05, 0.1) is 5.69 Å². The van der Waals surface area contributed by atoms with E-state index < -0.39 is 0 Å². The molecule has 3 aromatic rings. The van der Waals surface area contributed by atoms with Gasteiger partial charge in [-0.3, -0.25) is 4.79 Å². The van der Waals surface area contributed by atoms with Crippen LogP contribution in [0.4, 0.5) is 0 Å². The lowest BCUT2D eigenvalue weighted by atomic mass is 9.89. The van der Waals surface area contributed by atoms with Gasteiger partial charge < -0.3 is 19.2 Å². The van der Waals surface area contributed by atoms with Crippen LogP contribution in [0.25, 0.3) is 5.65 Å². The number of carbonyl (C=O) groups excluding carboxylic acids is 1. The Kier molecular flexibility index (Phi) is 3.55. The van der Waals surface area contributed by atoms with Gasteiger partial charge in [-0.1, -0.05) is 12.1 Å². The van der Waals surface area contributed by atoms with Crippen molar-refractivity contribution in [2.45, 2.75) is 25.8 Å². The lowest BCUT2D eigenvalue weighted by Gasteiger charge is -2.21. The molecule has 2 aliphatic rings. The average molecular weight is 349 g/mol. The summed E-state index contributed by atoms with van der Waals surface area (Å²) in [6.07, 6.45) is 4.44. The van der Waals surface area contributed by atoms with Gasteiger partial charge in [0, 0.05) is 30.8 Å². The third-order valence-corrected chi connectivity index (χ3v) is 5.16. The molecule has 0 fully saturated rings. The molecule has 1 unspecified atom stereocenters. The fraction of sp³-hybridized carbons (Fsp3) is 0.300. The second-order valence-electron chi connectivity index (χ2n) is 6.78. The van der Waals surface area contributed by atoms with Gasteiger partial charge in [-0.2, -0.15) is 0 Å². The zero-order valence-electron chi connectivity index (χ0n) is 14.3. The molecule has 0 radical (unpaired) electrons. The monoisotopic (exact) mass is 349 g/mol. The molecule has 0 saturated carbocycles. The zero-order chi connectivity index (χ0) is 17.5. The Hall–Kier alpha value is -3.02. The summed E-state index contributed by atoms with van der Waals surface area (Å²) in [5.74, 6) is 1.58. The molecular weight excluding hydrogens is 330 g/mol. The van der Waals surface area contributed by atoms with Crippen LogP contribution in [-0.2, 0) is 24.2 Å². The van der Waals surface area contributed by atoms with Gasteiger partial charge in [0.1, 0.15) is 5.65 Å². The van der Waals surface area contributed by atoms with Gasteiger partial charge in [0.15, 0.2) is 11.5 Å². The van der Waals surface area contributed by atoms with Crippen LogP contribution in [0.1, 0.15) is 23.4 Å². The number of aromatic nitrogens is 2. The minimum atomic E-state index is -0.0170. The van der Waals surface area contributed by atoms with E-state index in [9.17, 15) is 4.79 Å². The molecule has 26 heavy (non-hydrogen) atoms. The molecule has 1 aliphatic heterocycles. The molecule has 2 aromatic heterocycles. The van der Waals surface area contributed by atoms with Crippen molar-refractivity contribution in [1.29, 1.82) is 0 Å². The molecule has 0 spiro atoms. The minimum absolute atomic E-state index is 0.0170. The van der Waals surface area contributed by atoms with E-state index in [1.165, 1.54) is 0 Å². The first-order valence-corrected chi connectivity index (χ1v) is 8.89. The summed E-state index contributed by atoms with van der Waals surface area (Å²) in [5.41, 5.74) is 4.25. The number of hydrogen-bond donors (Lipinski definition) is 1. The van der Waals surface area contributed by atoms with Crippen molar-refractivity contribution in [1.82, 2.24) is 14.7 Å². The molecule has 0 saturated heterocycles. The maximum atomic E-state index is 12.7. The van der Waals surface area contributed by atoms with Crippen molar-refractivity contribution in [2.75, 3.05) is 6.79 Å². The molecule has 6 heteroatoms. The van der Waals surface area contributed by atoms with Crippen molar-refractivity contribution in [3.63, 3.8) is 0 Å². The van der Waals surface area contributed by atoms with Crippen molar-refractivity contribution in [3.8, 4) is 11.5 Å². The smallest absolute Gasteiger partial charge is 0.231 e. The van der Waals surface area contributed by atoms with E-state index in [-0.39, 0.29) is 18.6 Å². The molecule has 1 aliphatic carbocycles. The fourth-order valence-corrected chi connectivity index (χ4v) is 3.77. The van der Waals surface area contributed by atoms with E-state index >= 15 is 0 Å². The van der Waals surface area contributed by atoms with Gasteiger partial charge in [0.25, 0.3) is 0 Å². The molecule has 132 valence electrons.